The van der Waals surface area contributed by atoms with Crippen LogP contribution in [0.25, 0.3) is 0 Å². The molecule has 0 aliphatic carbocycles. The van der Waals surface area contributed by atoms with Crippen molar-refractivity contribution in [3.05, 3.63) is 85.0 Å². The topological polar surface area (TPSA) is 81.2 Å². The van der Waals surface area contributed by atoms with Crippen molar-refractivity contribution in [1.82, 2.24) is 4.90 Å². The molecule has 0 aromatic heterocycles. The van der Waals surface area contributed by atoms with E-state index in [0.717, 1.165) is 28.9 Å². The van der Waals surface area contributed by atoms with E-state index < -0.39 is 22.6 Å². The highest BCUT2D eigenvalue weighted by molar-refractivity contribution is 8.02. The van der Waals surface area contributed by atoms with Crippen molar-refractivity contribution in [3.63, 3.8) is 0 Å². The highest BCUT2D eigenvalue weighted by Gasteiger charge is 2.74. The molecule has 2 bridgehead atoms. The van der Waals surface area contributed by atoms with E-state index in [1.54, 1.807) is 38.6 Å². The van der Waals surface area contributed by atoms with Crippen LogP contribution < -0.4 is 9.80 Å². The van der Waals surface area contributed by atoms with Crippen molar-refractivity contribution in [2.75, 3.05) is 36.0 Å². The number of carbonyl (C=O) groups excluding carboxylic acids is 3. The minimum absolute atomic E-state index is 0.0451. The zero-order valence-corrected chi connectivity index (χ0v) is 24.7. The van der Waals surface area contributed by atoms with Gasteiger partial charge in [-0.3, -0.25) is 14.4 Å². The summed E-state index contributed by atoms with van der Waals surface area (Å²) in [7, 11) is 0. The third-order valence-electron chi connectivity index (χ3n) is 8.76. The van der Waals surface area contributed by atoms with E-state index >= 15 is 0 Å². The minimum atomic E-state index is -0.733. The van der Waals surface area contributed by atoms with Crippen molar-refractivity contribution in [2.24, 2.45) is 11.8 Å². The molecule has 7 nitrogen and oxygen atoms in total. The molecule has 1 spiro atoms. The van der Waals surface area contributed by atoms with E-state index in [2.05, 4.69) is 13.2 Å². The van der Waals surface area contributed by atoms with Gasteiger partial charge < -0.3 is 19.8 Å². The predicted molar refractivity (Wildman–Crippen MR) is 165 cm³/mol. The number of rotatable bonds is 11. The SMILES string of the molecule is C=CCN(C(=O)[C@@H]1[C@@H]2CCC3(S2)C(C(=O)N(CC=C)c2cc(C)ccc2C)N(CCCO)C(=O)[C@H]13)c1ccccc1. The quantitative estimate of drug-likeness (QED) is 0.400. The smallest absolute Gasteiger partial charge is 0.251 e. The lowest BCUT2D eigenvalue weighted by Crippen LogP contribution is -2.55. The number of amides is 3. The Morgan fingerprint density at radius 3 is 2.46 bits per heavy atom. The normalized spacial score (nSPS) is 26.1. The van der Waals surface area contributed by atoms with Gasteiger partial charge in [-0.25, -0.2) is 0 Å². The molecule has 0 radical (unpaired) electrons. The Labute approximate surface area is 246 Å². The third-order valence-corrected chi connectivity index (χ3v) is 10.7. The lowest BCUT2D eigenvalue weighted by atomic mass is 9.70. The van der Waals surface area contributed by atoms with Crippen LogP contribution in [0.2, 0.25) is 0 Å². The first-order valence-corrected chi connectivity index (χ1v) is 15.2. The summed E-state index contributed by atoms with van der Waals surface area (Å²) >= 11 is 1.66. The van der Waals surface area contributed by atoms with Gasteiger partial charge in [-0.1, -0.05) is 42.5 Å². The molecule has 3 aliphatic rings. The van der Waals surface area contributed by atoms with Crippen molar-refractivity contribution >= 4 is 40.9 Å². The summed E-state index contributed by atoms with van der Waals surface area (Å²) in [6, 6.07) is 14.8. The third kappa shape index (κ3) is 4.91. The molecular formula is C33H39N3O4S. The molecule has 3 aliphatic heterocycles. The maximum absolute atomic E-state index is 14.7. The molecule has 2 unspecified atom stereocenters. The Kier molecular flexibility index (Phi) is 8.43. The summed E-state index contributed by atoms with van der Waals surface area (Å²) in [5, 5.41) is 9.64. The maximum Gasteiger partial charge on any atom is 0.251 e. The summed E-state index contributed by atoms with van der Waals surface area (Å²) in [6.45, 7) is 12.6. The molecule has 3 heterocycles. The first kappa shape index (κ1) is 29.1. The van der Waals surface area contributed by atoms with Gasteiger partial charge >= 0.3 is 0 Å². The van der Waals surface area contributed by atoms with Gasteiger partial charge in [0.25, 0.3) is 5.91 Å². The zero-order chi connectivity index (χ0) is 29.3. The number of hydrogen-bond donors (Lipinski definition) is 1. The standard InChI is InChI=1S/C33H39N3O4S/c1-5-17-34(24-11-8-7-9-12-24)30(38)27-26-15-16-33(41-26)28(27)31(39)36(19-10-20-37)29(33)32(40)35(18-6-2)25-21-22(3)13-14-23(25)4/h5-9,11-14,21,26-29,37H,1-2,10,15-20H2,3-4H3/t26-,27+,28-,29?,33?/m0/s1. The molecule has 41 heavy (non-hydrogen) atoms. The van der Waals surface area contributed by atoms with Gasteiger partial charge in [-0.2, -0.15) is 0 Å². The summed E-state index contributed by atoms with van der Waals surface area (Å²) in [6.07, 6.45) is 5.24. The average molecular weight is 574 g/mol. The molecule has 2 aromatic carbocycles. The fourth-order valence-corrected chi connectivity index (χ4v) is 9.24. The number of nitrogens with zero attached hydrogens (tertiary/aromatic N) is 3. The second-order valence-corrected chi connectivity index (χ2v) is 12.9. The Bertz CT molecular complexity index is 1350. The molecular weight excluding hydrogens is 534 g/mol. The van der Waals surface area contributed by atoms with Gasteiger partial charge in [-0.05, 0) is 62.4 Å². The molecule has 216 valence electrons. The highest BCUT2D eigenvalue weighted by Crippen LogP contribution is 2.66. The second kappa shape index (κ2) is 11.9. The fourth-order valence-electron chi connectivity index (χ4n) is 7.03. The van der Waals surface area contributed by atoms with E-state index in [0.29, 0.717) is 25.9 Å². The monoisotopic (exact) mass is 573 g/mol. The first-order chi connectivity index (χ1) is 19.8. The summed E-state index contributed by atoms with van der Waals surface area (Å²) in [5.74, 6) is -1.55. The molecule has 1 N–H and O–H groups in total. The van der Waals surface area contributed by atoms with Gasteiger partial charge in [0.05, 0.1) is 16.6 Å². The molecule has 8 heteroatoms. The molecule has 3 amide bonds. The predicted octanol–water partition coefficient (Wildman–Crippen LogP) is 4.52. The number of aliphatic hydroxyl groups is 1. The van der Waals surface area contributed by atoms with E-state index in [4.69, 9.17) is 0 Å². The van der Waals surface area contributed by atoms with Crippen LogP contribution in [-0.2, 0) is 14.4 Å². The molecule has 5 atom stereocenters. The number of benzene rings is 2. The summed E-state index contributed by atoms with van der Waals surface area (Å²) in [5.41, 5.74) is 3.57. The number of aliphatic hydroxyl groups excluding tert-OH is 1. The Balaban J connectivity index is 1.57. The van der Waals surface area contributed by atoms with Crippen LogP contribution >= 0.6 is 11.8 Å². The van der Waals surface area contributed by atoms with E-state index in [1.165, 1.54) is 0 Å². The van der Waals surface area contributed by atoms with Crippen LogP contribution in [-0.4, -0.2) is 70.0 Å². The van der Waals surface area contributed by atoms with Crippen LogP contribution in [0.4, 0.5) is 11.4 Å². The Morgan fingerprint density at radius 1 is 1.07 bits per heavy atom. The van der Waals surface area contributed by atoms with Gasteiger partial charge in [0, 0.05) is 42.9 Å². The van der Waals surface area contributed by atoms with Crippen molar-refractivity contribution in [1.29, 1.82) is 0 Å². The molecule has 3 fully saturated rings. The molecule has 0 saturated carbocycles. The van der Waals surface area contributed by atoms with Crippen molar-refractivity contribution in [3.8, 4) is 0 Å². The highest BCUT2D eigenvalue weighted by atomic mass is 32.2. The minimum Gasteiger partial charge on any atom is -0.396 e. The number of hydrogen-bond acceptors (Lipinski definition) is 5. The number of thioether (sulfide) groups is 1. The largest absolute Gasteiger partial charge is 0.396 e. The van der Waals surface area contributed by atoms with Crippen molar-refractivity contribution < 1.29 is 19.5 Å². The number of aryl methyl sites for hydroxylation is 2. The van der Waals surface area contributed by atoms with Crippen LogP contribution in [0.5, 0.6) is 0 Å². The Hall–Kier alpha value is -3.36. The lowest BCUT2D eigenvalue weighted by Gasteiger charge is -2.38. The van der Waals surface area contributed by atoms with Crippen LogP contribution in [0.15, 0.2) is 73.8 Å². The number of anilines is 2. The molecule has 2 aromatic rings. The number of carbonyl (C=O) groups is 3. The number of fused-ring (bicyclic) bond motifs is 1. The Morgan fingerprint density at radius 2 is 1.78 bits per heavy atom. The van der Waals surface area contributed by atoms with Gasteiger partial charge in [-0.15, -0.1) is 24.9 Å². The number of para-hydroxylation sites is 1. The zero-order valence-electron chi connectivity index (χ0n) is 23.9. The fraction of sp³-hybridized carbons (Fsp3) is 0.424. The maximum atomic E-state index is 14.7. The van der Waals surface area contributed by atoms with E-state index in [-0.39, 0.29) is 36.1 Å². The van der Waals surface area contributed by atoms with Crippen LogP contribution in [0.3, 0.4) is 0 Å². The lowest BCUT2D eigenvalue weighted by molar-refractivity contribution is -0.139. The van der Waals surface area contributed by atoms with Gasteiger partial charge in [0.1, 0.15) is 6.04 Å². The number of likely N-dealkylation sites (tertiary alicyclic amines) is 1. The van der Waals surface area contributed by atoms with Crippen LogP contribution in [0.1, 0.15) is 30.4 Å². The summed E-state index contributed by atoms with van der Waals surface area (Å²) < 4.78 is -0.706. The summed E-state index contributed by atoms with van der Waals surface area (Å²) in [4.78, 5) is 48.4. The van der Waals surface area contributed by atoms with Gasteiger partial charge in [0.15, 0.2) is 0 Å². The molecule has 3 saturated heterocycles. The molecule has 5 rings (SSSR count). The van der Waals surface area contributed by atoms with E-state index in [9.17, 15) is 19.5 Å². The van der Waals surface area contributed by atoms with Gasteiger partial charge in [0.2, 0.25) is 11.8 Å². The van der Waals surface area contributed by atoms with Crippen LogP contribution in [0, 0.1) is 25.7 Å². The first-order valence-electron chi connectivity index (χ1n) is 14.3. The average Bonchev–Trinajstić information content (AvgIpc) is 3.62. The van der Waals surface area contributed by atoms with Crippen molar-refractivity contribution in [2.45, 2.75) is 49.1 Å². The van der Waals surface area contributed by atoms with E-state index in [1.807, 2.05) is 62.4 Å². The second-order valence-electron chi connectivity index (χ2n) is 11.3.